The number of nitrogens with zero attached hydrogens (tertiary/aromatic N) is 2. The van der Waals surface area contributed by atoms with Crippen LogP contribution in [0.1, 0.15) is 51.8 Å². The molecule has 0 aliphatic carbocycles. The summed E-state index contributed by atoms with van der Waals surface area (Å²) >= 11 is 0. The number of aromatic nitrogens is 1. The van der Waals surface area contributed by atoms with E-state index in [0.29, 0.717) is 6.04 Å². The minimum atomic E-state index is 0.420. The van der Waals surface area contributed by atoms with E-state index in [0.717, 1.165) is 44.7 Å². The maximum atomic E-state index is 4.84. The van der Waals surface area contributed by atoms with Crippen LogP contribution in [0.2, 0.25) is 0 Å². The molecule has 1 N–H and O–H groups in total. The molecule has 1 heterocycles. The van der Waals surface area contributed by atoms with Crippen molar-refractivity contribution in [2.45, 2.75) is 59.5 Å². The monoisotopic (exact) mass is 289 g/mol. The first-order valence-electron chi connectivity index (χ1n) is 8.20. The molecule has 3 nitrogen and oxygen atoms in total. The zero-order valence-corrected chi connectivity index (χ0v) is 14.2. The summed E-state index contributed by atoms with van der Waals surface area (Å²) in [4.78, 5) is 7.14. The van der Waals surface area contributed by atoms with Crippen molar-refractivity contribution in [3.63, 3.8) is 0 Å². The lowest BCUT2D eigenvalue weighted by Crippen LogP contribution is -2.32. The summed E-state index contributed by atoms with van der Waals surface area (Å²) in [6.45, 7) is 15.5. The Morgan fingerprint density at radius 2 is 2.05 bits per heavy atom. The molecule has 0 aliphatic rings. The van der Waals surface area contributed by atoms with Crippen LogP contribution in [0, 0.1) is 0 Å². The number of hydrogen-bond donors (Lipinski definition) is 1. The highest BCUT2D eigenvalue weighted by Crippen LogP contribution is 2.18. The van der Waals surface area contributed by atoms with Gasteiger partial charge in [-0.2, -0.15) is 0 Å². The number of rotatable bonds is 10. The summed E-state index contributed by atoms with van der Waals surface area (Å²) in [6.07, 6.45) is 5.27. The highest BCUT2D eigenvalue weighted by Gasteiger charge is 2.12. The average molecular weight is 289 g/mol. The first-order valence-corrected chi connectivity index (χ1v) is 8.20. The summed E-state index contributed by atoms with van der Waals surface area (Å²) in [5.74, 6) is 1.07. The maximum absolute atomic E-state index is 4.84. The van der Waals surface area contributed by atoms with Gasteiger partial charge in [-0.15, -0.1) is 6.58 Å². The van der Waals surface area contributed by atoms with Gasteiger partial charge in [0.2, 0.25) is 0 Å². The predicted octanol–water partition coefficient (Wildman–Crippen LogP) is 3.93. The quantitative estimate of drug-likeness (QED) is 0.522. The molecule has 0 spiro atoms. The summed E-state index contributed by atoms with van der Waals surface area (Å²) in [5, 5.41) is 3.48. The van der Waals surface area contributed by atoms with Crippen LogP contribution >= 0.6 is 0 Å². The second-order valence-electron chi connectivity index (χ2n) is 5.79. The van der Waals surface area contributed by atoms with Gasteiger partial charge in [-0.25, -0.2) is 4.98 Å². The van der Waals surface area contributed by atoms with E-state index in [1.165, 1.54) is 11.3 Å². The zero-order chi connectivity index (χ0) is 15.7. The van der Waals surface area contributed by atoms with Crippen molar-refractivity contribution < 1.29 is 0 Å². The van der Waals surface area contributed by atoms with Crippen LogP contribution in [0.4, 0.5) is 5.82 Å². The highest BCUT2D eigenvalue weighted by molar-refractivity contribution is 5.44. The Balaban J connectivity index is 3.01. The molecule has 0 unspecified atom stereocenters. The van der Waals surface area contributed by atoms with Gasteiger partial charge in [0.05, 0.1) is 0 Å². The number of hydrogen-bond acceptors (Lipinski definition) is 3. The third-order valence-corrected chi connectivity index (χ3v) is 3.43. The third kappa shape index (κ3) is 5.88. The van der Waals surface area contributed by atoms with E-state index >= 15 is 0 Å². The topological polar surface area (TPSA) is 28.2 Å². The molecule has 0 aliphatic heterocycles. The molecule has 3 heteroatoms. The van der Waals surface area contributed by atoms with E-state index in [1.54, 1.807) is 0 Å². The Bertz CT molecular complexity index is 426. The molecule has 1 rings (SSSR count). The number of nitrogens with one attached hydrogen (secondary N) is 1. The van der Waals surface area contributed by atoms with Crippen LogP contribution < -0.4 is 10.2 Å². The fourth-order valence-corrected chi connectivity index (χ4v) is 2.38. The van der Waals surface area contributed by atoms with Crippen molar-refractivity contribution in [2.24, 2.45) is 0 Å². The summed E-state index contributed by atoms with van der Waals surface area (Å²) in [5.41, 5.74) is 2.52. The Morgan fingerprint density at radius 1 is 1.29 bits per heavy atom. The van der Waals surface area contributed by atoms with Crippen LogP contribution in [0.5, 0.6) is 0 Å². The third-order valence-electron chi connectivity index (χ3n) is 3.43. The van der Waals surface area contributed by atoms with Crippen molar-refractivity contribution in [1.82, 2.24) is 10.3 Å². The molecule has 1 aromatic heterocycles. The largest absolute Gasteiger partial charge is 0.350 e. The Morgan fingerprint density at radius 3 is 2.62 bits per heavy atom. The van der Waals surface area contributed by atoms with Crippen molar-refractivity contribution in [2.75, 3.05) is 18.0 Å². The van der Waals surface area contributed by atoms with Gasteiger partial charge in [-0.1, -0.05) is 26.3 Å². The molecule has 0 radical (unpaired) electrons. The van der Waals surface area contributed by atoms with E-state index in [4.69, 9.17) is 4.98 Å². The second-order valence-corrected chi connectivity index (χ2v) is 5.79. The smallest absolute Gasteiger partial charge is 0.129 e. The minimum Gasteiger partial charge on any atom is -0.350 e. The Kier molecular flexibility index (Phi) is 8.06. The van der Waals surface area contributed by atoms with Crippen molar-refractivity contribution >= 4 is 5.82 Å². The predicted molar refractivity (Wildman–Crippen MR) is 92.9 cm³/mol. The van der Waals surface area contributed by atoms with Gasteiger partial charge < -0.3 is 10.2 Å². The number of anilines is 1. The molecule has 1 aromatic rings. The zero-order valence-electron chi connectivity index (χ0n) is 14.2. The standard InChI is InChI=1S/C18H31N3/c1-6-9-17-12-16(14-19-10-7-2)13-18(20-17)21(11-8-3)15(4)5/h8,12-13,15,19H,3,6-7,9-11,14H2,1-2,4-5H3. The van der Waals surface area contributed by atoms with Gasteiger partial charge in [0.1, 0.15) is 5.82 Å². The molecular formula is C18H31N3. The molecule has 21 heavy (non-hydrogen) atoms. The normalized spacial score (nSPS) is 10.9. The summed E-state index contributed by atoms with van der Waals surface area (Å²) in [7, 11) is 0. The lowest BCUT2D eigenvalue weighted by Gasteiger charge is -2.27. The average Bonchev–Trinajstić information content (AvgIpc) is 2.45. The molecule has 0 bridgehead atoms. The second kappa shape index (κ2) is 9.56. The lowest BCUT2D eigenvalue weighted by molar-refractivity contribution is 0.669. The van der Waals surface area contributed by atoms with Crippen molar-refractivity contribution in [3.05, 3.63) is 36.0 Å². The molecule has 0 saturated carbocycles. The number of aryl methyl sites for hydroxylation is 1. The van der Waals surface area contributed by atoms with Crippen LogP contribution in [-0.4, -0.2) is 24.1 Å². The van der Waals surface area contributed by atoms with Crippen molar-refractivity contribution in [3.8, 4) is 0 Å². The van der Waals surface area contributed by atoms with Gasteiger partial charge in [0, 0.05) is 24.8 Å². The van der Waals surface area contributed by atoms with Gasteiger partial charge in [-0.05, 0) is 50.9 Å². The van der Waals surface area contributed by atoms with E-state index in [9.17, 15) is 0 Å². The van der Waals surface area contributed by atoms with E-state index in [-0.39, 0.29) is 0 Å². The van der Waals surface area contributed by atoms with Gasteiger partial charge in [-0.3, -0.25) is 0 Å². The molecule has 0 aromatic carbocycles. The minimum absolute atomic E-state index is 0.420. The molecular weight excluding hydrogens is 258 g/mol. The van der Waals surface area contributed by atoms with Gasteiger partial charge in [0.25, 0.3) is 0 Å². The van der Waals surface area contributed by atoms with Crippen molar-refractivity contribution in [1.29, 1.82) is 0 Å². The van der Waals surface area contributed by atoms with Gasteiger partial charge >= 0.3 is 0 Å². The van der Waals surface area contributed by atoms with Crippen LogP contribution in [0.15, 0.2) is 24.8 Å². The fraction of sp³-hybridized carbons (Fsp3) is 0.611. The van der Waals surface area contributed by atoms with E-state index in [2.05, 4.69) is 56.6 Å². The molecule has 0 atom stereocenters. The maximum Gasteiger partial charge on any atom is 0.129 e. The Labute approximate surface area is 130 Å². The van der Waals surface area contributed by atoms with Crippen LogP contribution in [-0.2, 0) is 13.0 Å². The van der Waals surface area contributed by atoms with Gasteiger partial charge in [0.15, 0.2) is 0 Å². The van der Waals surface area contributed by atoms with Crippen LogP contribution in [0.3, 0.4) is 0 Å². The Hall–Kier alpha value is -1.35. The SMILES string of the molecule is C=CCN(c1cc(CNCCC)cc(CCC)n1)C(C)C. The van der Waals surface area contributed by atoms with E-state index < -0.39 is 0 Å². The molecule has 0 amide bonds. The lowest BCUT2D eigenvalue weighted by atomic mass is 10.1. The number of pyridine rings is 1. The summed E-state index contributed by atoms with van der Waals surface area (Å²) < 4.78 is 0. The summed E-state index contributed by atoms with van der Waals surface area (Å²) in [6, 6.07) is 4.87. The molecule has 0 fully saturated rings. The first-order chi connectivity index (χ1) is 10.1. The van der Waals surface area contributed by atoms with E-state index in [1.807, 2.05) is 6.08 Å². The highest BCUT2D eigenvalue weighted by atomic mass is 15.2. The van der Waals surface area contributed by atoms with Crippen LogP contribution in [0.25, 0.3) is 0 Å². The molecule has 0 saturated heterocycles. The fourth-order valence-electron chi connectivity index (χ4n) is 2.38. The molecule has 118 valence electrons. The first kappa shape index (κ1) is 17.7.